The highest BCUT2D eigenvalue weighted by Crippen LogP contribution is 2.34. The van der Waals surface area contributed by atoms with Crippen LogP contribution in [0.5, 0.6) is 11.5 Å². The van der Waals surface area contributed by atoms with E-state index in [2.05, 4.69) is 10.5 Å². The molecule has 0 fully saturated rings. The number of ether oxygens (including phenoxy) is 2. The second-order valence-corrected chi connectivity index (χ2v) is 8.67. The smallest absolute Gasteiger partial charge is 0.282 e. The van der Waals surface area contributed by atoms with Crippen molar-refractivity contribution in [1.82, 2.24) is 5.43 Å². The Morgan fingerprint density at radius 3 is 2.56 bits per heavy atom. The van der Waals surface area contributed by atoms with Crippen LogP contribution in [-0.4, -0.2) is 29.9 Å². The van der Waals surface area contributed by atoms with Gasteiger partial charge in [-0.1, -0.05) is 66.7 Å². The molecule has 1 amide bonds. The van der Waals surface area contributed by atoms with Crippen LogP contribution < -0.4 is 14.9 Å². The molecule has 9 heteroatoms. The maximum Gasteiger partial charge on any atom is 0.282 e. The van der Waals surface area contributed by atoms with Crippen LogP contribution in [0.15, 0.2) is 94.9 Å². The number of amides is 1. The highest BCUT2D eigenvalue weighted by atomic mass is 32.2. The second-order valence-electron chi connectivity index (χ2n) is 7.65. The van der Waals surface area contributed by atoms with Crippen molar-refractivity contribution < 1.29 is 19.2 Å². The minimum Gasteiger partial charge on any atom is -0.493 e. The third-order valence-electron chi connectivity index (χ3n) is 5.25. The number of carbonyl (C=O) groups is 1. The fraction of sp³-hybridized carbons (Fsp3) is 0.111. The lowest BCUT2D eigenvalue weighted by molar-refractivity contribution is -0.385. The molecule has 0 atom stereocenters. The fourth-order valence-corrected chi connectivity index (χ4v) is 4.37. The Kier molecular flexibility index (Phi) is 8.15. The first-order valence-electron chi connectivity index (χ1n) is 11.0. The van der Waals surface area contributed by atoms with E-state index in [1.165, 1.54) is 37.2 Å². The van der Waals surface area contributed by atoms with Gasteiger partial charge in [-0.2, -0.15) is 5.10 Å². The van der Waals surface area contributed by atoms with Crippen LogP contribution >= 0.6 is 11.8 Å². The predicted molar refractivity (Wildman–Crippen MR) is 141 cm³/mol. The van der Waals surface area contributed by atoms with Crippen molar-refractivity contribution in [2.24, 2.45) is 5.10 Å². The number of benzene rings is 4. The van der Waals surface area contributed by atoms with Gasteiger partial charge in [0.25, 0.3) is 5.69 Å². The van der Waals surface area contributed by atoms with Crippen LogP contribution in [-0.2, 0) is 11.4 Å². The minimum atomic E-state index is -0.533. The van der Waals surface area contributed by atoms with Crippen molar-refractivity contribution in [1.29, 1.82) is 0 Å². The third kappa shape index (κ3) is 6.19. The van der Waals surface area contributed by atoms with E-state index in [1.807, 2.05) is 72.8 Å². The summed E-state index contributed by atoms with van der Waals surface area (Å²) >= 11 is 1.39. The number of carbonyl (C=O) groups excluding carboxylic acids is 1. The van der Waals surface area contributed by atoms with Gasteiger partial charge >= 0.3 is 0 Å². The van der Waals surface area contributed by atoms with Crippen LogP contribution in [0.2, 0.25) is 0 Å². The van der Waals surface area contributed by atoms with Crippen molar-refractivity contribution in [3.8, 4) is 11.5 Å². The molecule has 4 aromatic carbocycles. The lowest BCUT2D eigenvalue weighted by Gasteiger charge is -2.12. The predicted octanol–water partition coefficient (Wildman–Crippen LogP) is 5.58. The average molecular weight is 502 g/mol. The van der Waals surface area contributed by atoms with Gasteiger partial charge in [-0.05, 0) is 28.5 Å². The summed E-state index contributed by atoms with van der Waals surface area (Å²) in [5.41, 5.74) is 3.29. The molecule has 36 heavy (non-hydrogen) atoms. The maximum absolute atomic E-state index is 12.3. The zero-order chi connectivity index (χ0) is 25.3. The van der Waals surface area contributed by atoms with E-state index < -0.39 is 4.92 Å². The first kappa shape index (κ1) is 24.7. The van der Waals surface area contributed by atoms with Crippen LogP contribution in [0.3, 0.4) is 0 Å². The Bertz CT molecular complexity index is 1400. The zero-order valence-corrected chi connectivity index (χ0v) is 20.2. The normalized spacial score (nSPS) is 10.9. The molecule has 8 nitrogen and oxygen atoms in total. The summed E-state index contributed by atoms with van der Waals surface area (Å²) in [7, 11) is 1.45. The molecule has 0 unspecified atom stereocenters. The van der Waals surface area contributed by atoms with Gasteiger partial charge in [0.15, 0.2) is 11.5 Å². The summed E-state index contributed by atoms with van der Waals surface area (Å²) in [5, 5.41) is 17.8. The van der Waals surface area contributed by atoms with Gasteiger partial charge in [-0.25, -0.2) is 5.43 Å². The molecule has 0 aromatic heterocycles. The Morgan fingerprint density at radius 2 is 1.78 bits per heavy atom. The third-order valence-corrected chi connectivity index (χ3v) is 6.32. The Hall–Kier alpha value is -4.37. The molecule has 0 radical (unpaired) electrons. The van der Waals surface area contributed by atoms with E-state index >= 15 is 0 Å². The number of rotatable bonds is 10. The number of hydrogen-bond donors (Lipinski definition) is 1. The molecule has 1 N–H and O–H groups in total. The number of hydrazone groups is 1. The van der Waals surface area contributed by atoms with Crippen LogP contribution in [0.4, 0.5) is 5.69 Å². The lowest BCUT2D eigenvalue weighted by atomic mass is 10.1. The highest BCUT2D eigenvalue weighted by molar-refractivity contribution is 8.00. The monoisotopic (exact) mass is 501 g/mol. The van der Waals surface area contributed by atoms with Crippen molar-refractivity contribution in [2.75, 3.05) is 12.9 Å². The quantitative estimate of drug-likeness (QED) is 0.132. The number of hydrogen-bond acceptors (Lipinski definition) is 7. The molecule has 0 aliphatic heterocycles. The number of nitro benzene ring substituents is 1. The number of nitro groups is 1. The topological polar surface area (TPSA) is 103 Å². The van der Waals surface area contributed by atoms with E-state index in [-0.39, 0.29) is 35.3 Å². The van der Waals surface area contributed by atoms with Crippen molar-refractivity contribution >= 4 is 40.3 Å². The van der Waals surface area contributed by atoms with Gasteiger partial charge in [0.1, 0.15) is 6.61 Å². The maximum atomic E-state index is 12.3. The van der Waals surface area contributed by atoms with Gasteiger partial charge < -0.3 is 9.47 Å². The highest BCUT2D eigenvalue weighted by Gasteiger charge is 2.19. The first-order valence-corrected chi connectivity index (χ1v) is 12.0. The van der Waals surface area contributed by atoms with E-state index in [4.69, 9.17) is 9.47 Å². The molecule has 0 spiro atoms. The van der Waals surface area contributed by atoms with E-state index in [0.29, 0.717) is 5.75 Å². The van der Waals surface area contributed by atoms with Gasteiger partial charge in [0.2, 0.25) is 5.91 Å². The van der Waals surface area contributed by atoms with Gasteiger partial charge in [-0.15, -0.1) is 11.8 Å². The molecule has 4 rings (SSSR count). The van der Waals surface area contributed by atoms with Gasteiger partial charge in [0, 0.05) is 4.90 Å². The summed E-state index contributed by atoms with van der Waals surface area (Å²) in [6.07, 6.45) is 1.22. The second kappa shape index (κ2) is 11.9. The zero-order valence-electron chi connectivity index (χ0n) is 19.4. The molecule has 0 saturated heterocycles. The fourth-order valence-electron chi connectivity index (χ4n) is 3.51. The molecule has 4 aromatic rings. The number of nitrogens with one attached hydrogen (secondary N) is 1. The van der Waals surface area contributed by atoms with Gasteiger partial charge in [-0.3, -0.25) is 14.9 Å². The van der Waals surface area contributed by atoms with E-state index in [9.17, 15) is 14.9 Å². The Balaban J connectivity index is 1.42. The van der Waals surface area contributed by atoms with Crippen LogP contribution in [0, 0.1) is 10.1 Å². The number of fused-ring (bicyclic) bond motifs is 1. The SMILES string of the molecule is COc1cc(/C=N/NC(=O)CSc2cccc3ccccc23)c([N+](=O)[O-])cc1OCc1ccccc1. The molecule has 0 saturated carbocycles. The van der Waals surface area contributed by atoms with Crippen molar-refractivity contribution in [2.45, 2.75) is 11.5 Å². The average Bonchev–Trinajstić information content (AvgIpc) is 2.91. The summed E-state index contributed by atoms with van der Waals surface area (Å²) in [4.78, 5) is 24.5. The first-order chi connectivity index (χ1) is 17.5. The molecule has 182 valence electrons. The largest absolute Gasteiger partial charge is 0.493 e. The van der Waals surface area contributed by atoms with E-state index in [1.54, 1.807) is 0 Å². The van der Waals surface area contributed by atoms with Crippen LogP contribution in [0.25, 0.3) is 10.8 Å². The number of nitrogens with zero attached hydrogens (tertiary/aromatic N) is 2. The number of thioether (sulfide) groups is 1. The molecular weight excluding hydrogens is 478 g/mol. The van der Waals surface area contributed by atoms with Crippen molar-refractivity contribution in [3.63, 3.8) is 0 Å². The molecule has 0 bridgehead atoms. The summed E-state index contributed by atoms with van der Waals surface area (Å²) in [5.74, 6) is 0.362. The summed E-state index contributed by atoms with van der Waals surface area (Å²) < 4.78 is 11.1. The standard InChI is InChI=1S/C27H23N3O5S/c1-34-24-14-21(23(30(32)33)15-25(24)35-17-19-8-3-2-4-9-19)16-28-29-27(31)18-36-26-13-7-11-20-10-5-6-12-22(20)26/h2-16H,17-18H2,1H3,(H,29,31)/b28-16+. The lowest BCUT2D eigenvalue weighted by Crippen LogP contribution is -2.19. The minimum absolute atomic E-state index is 0.142. The molecule has 0 aliphatic carbocycles. The van der Waals surface area contributed by atoms with Gasteiger partial charge in [0.05, 0.1) is 35.6 Å². The number of methoxy groups -OCH3 is 1. The van der Waals surface area contributed by atoms with Crippen molar-refractivity contribution in [3.05, 3.63) is 106 Å². The summed E-state index contributed by atoms with van der Waals surface area (Å²) in [6, 6.07) is 26.1. The molecular formula is C27H23N3O5S. The molecule has 0 aliphatic rings. The van der Waals surface area contributed by atoms with E-state index in [0.717, 1.165) is 21.2 Å². The van der Waals surface area contributed by atoms with Crippen LogP contribution in [0.1, 0.15) is 11.1 Å². The Labute approximate surface area is 212 Å². The molecule has 0 heterocycles. The Morgan fingerprint density at radius 1 is 1.03 bits per heavy atom. The summed E-state index contributed by atoms with van der Waals surface area (Å²) in [6.45, 7) is 0.228.